The van der Waals surface area contributed by atoms with Gasteiger partial charge in [-0.3, -0.25) is 14.3 Å². The van der Waals surface area contributed by atoms with E-state index in [1.54, 1.807) is 11.8 Å². The van der Waals surface area contributed by atoms with E-state index < -0.39 is 15.9 Å². The first kappa shape index (κ1) is 27.6. The van der Waals surface area contributed by atoms with Crippen LogP contribution in [0.3, 0.4) is 0 Å². The largest absolute Gasteiger partial charge is 0.492 e. The quantitative estimate of drug-likeness (QED) is 0.440. The fourth-order valence-electron chi connectivity index (χ4n) is 3.75. The first-order chi connectivity index (χ1) is 16.9. The van der Waals surface area contributed by atoms with Gasteiger partial charge in [0.15, 0.2) is 0 Å². The smallest absolute Gasteiger partial charge is 0.408 e. The molecule has 2 aromatic carbocycles. The number of nitrogens with one attached hydrogen (secondary N) is 2. The van der Waals surface area contributed by atoms with Crippen LogP contribution in [-0.2, 0) is 19.6 Å². The number of sulfonamides is 1. The van der Waals surface area contributed by atoms with Crippen LogP contribution in [-0.4, -0.2) is 50.7 Å². The summed E-state index contributed by atoms with van der Waals surface area (Å²) < 4.78 is 64.7. The summed E-state index contributed by atoms with van der Waals surface area (Å²) in [6, 6.07) is 9.24. The molecule has 1 aliphatic heterocycles. The van der Waals surface area contributed by atoms with Gasteiger partial charge < -0.3 is 19.7 Å². The van der Waals surface area contributed by atoms with Crippen LogP contribution in [0.5, 0.6) is 11.5 Å². The Labute approximate surface area is 210 Å². The molecule has 0 bridgehead atoms. The van der Waals surface area contributed by atoms with Gasteiger partial charge in [-0.2, -0.15) is 8.78 Å². The lowest BCUT2D eigenvalue weighted by atomic mass is 9.96. The highest BCUT2D eigenvalue weighted by atomic mass is 32.2. The standard InChI is InChI=1S/C23H28F2N3O6PS/c1-3-28-14-15(8-11-21(28)29)22(30)26-16-9-10-20(19(13-16)33-4-2)36(31,32)27-17-6-5-7-18(12-17)34-23(24,25)35/h5-7,9-10,12-13,15,27H,3-4,8,11,14,35H2,1-2H3,(H,26,30). The third-order valence-electron chi connectivity index (χ3n) is 5.39. The third-order valence-corrected chi connectivity index (χ3v) is 6.93. The summed E-state index contributed by atoms with van der Waals surface area (Å²) >= 11 is 0. The van der Waals surface area contributed by atoms with E-state index in [0.717, 1.165) is 6.07 Å². The fraction of sp³-hybridized carbons (Fsp3) is 0.391. The van der Waals surface area contributed by atoms with Gasteiger partial charge in [-0.25, -0.2) is 8.42 Å². The van der Waals surface area contributed by atoms with Gasteiger partial charge >= 0.3 is 5.85 Å². The van der Waals surface area contributed by atoms with Crippen molar-refractivity contribution < 1.29 is 36.3 Å². The van der Waals surface area contributed by atoms with Gasteiger partial charge in [0.25, 0.3) is 10.0 Å². The van der Waals surface area contributed by atoms with E-state index in [9.17, 15) is 26.8 Å². The van der Waals surface area contributed by atoms with Crippen molar-refractivity contribution in [1.82, 2.24) is 4.90 Å². The van der Waals surface area contributed by atoms with E-state index in [2.05, 4.69) is 14.8 Å². The van der Waals surface area contributed by atoms with E-state index in [1.807, 2.05) is 6.92 Å². The van der Waals surface area contributed by atoms with Crippen molar-refractivity contribution in [2.75, 3.05) is 29.7 Å². The number of hydrogen-bond acceptors (Lipinski definition) is 6. The molecule has 2 unspecified atom stereocenters. The molecule has 2 amide bonds. The second kappa shape index (κ2) is 11.4. The number of ether oxygens (including phenoxy) is 2. The van der Waals surface area contributed by atoms with Crippen molar-refractivity contribution >= 4 is 42.5 Å². The van der Waals surface area contributed by atoms with Crippen molar-refractivity contribution in [3.63, 3.8) is 0 Å². The highest BCUT2D eigenvalue weighted by molar-refractivity contribution is 7.92. The molecule has 36 heavy (non-hydrogen) atoms. The van der Waals surface area contributed by atoms with Crippen LogP contribution in [0.25, 0.3) is 0 Å². The van der Waals surface area contributed by atoms with Crippen LogP contribution >= 0.6 is 9.24 Å². The zero-order valence-corrected chi connectivity index (χ0v) is 21.8. The molecular weight excluding hydrogens is 515 g/mol. The van der Waals surface area contributed by atoms with Gasteiger partial charge in [0.1, 0.15) is 16.4 Å². The van der Waals surface area contributed by atoms with Crippen molar-refractivity contribution in [2.24, 2.45) is 5.92 Å². The Bertz CT molecular complexity index is 1220. The summed E-state index contributed by atoms with van der Waals surface area (Å²) in [7, 11) is -2.95. The minimum Gasteiger partial charge on any atom is -0.492 e. The summed E-state index contributed by atoms with van der Waals surface area (Å²) in [5.74, 6) is -4.39. The van der Waals surface area contributed by atoms with Crippen LogP contribution < -0.4 is 19.5 Å². The van der Waals surface area contributed by atoms with Crippen LogP contribution in [0.4, 0.5) is 20.2 Å². The minimum absolute atomic E-state index is 0.000651. The van der Waals surface area contributed by atoms with Crippen LogP contribution in [0.15, 0.2) is 47.4 Å². The summed E-state index contributed by atoms with van der Waals surface area (Å²) in [6.45, 7) is 4.52. The number of nitrogens with zero attached hydrogens (tertiary/aromatic N) is 1. The molecule has 196 valence electrons. The van der Waals surface area contributed by atoms with Gasteiger partial charge in [-0.1, -0.05) is 6.07 Å². The summed E-state index contributed by atoms with van der Waals surface area (Å²) in [4.78, 5) is 26.1. The van der Waals surface area contributed by atoms with Gasteiger partial charge in [0.2, 0.25) is 11.8 Å². The molecule has 1 heterocycles. The van der Waals surface area contributed by atoms with E-state index in [4.69, 9.17) is 4.74 Å². The molecule has 0 radical (unpaired) electrons. The van der Waals surface area contributed by atoms with Crippen molar-refractivity contribution in [3.8, 4) is 11.5 Å². The predicted molar refractivity (Wildman–Crippen MR) is 134 cm³/mol. The molecule has 2 atom stereocenters. The van der Waals surface area contributed by atoms with E-state index in [1.165, 1.54) is 45.6 Å². The molecule has 0 saturated carbocycles. The summed E-state index contributed by atoms with van der Waals surface area (Å²) in [5, 5.41) is 2.77. The summed E-state index contributed by atoms with van der Waals surface area (Å²) in [5.41, 5.74) is 0.342. The molecule has 3 rings (SSSR count). The van der Waals surface area contributed by atoms with Crippen molar-refractivity contribution in [3.05, 3.63) is 42.5 Å². The molecule has 1 saturated heterocycles. The number of amides is 2. The van der Waals surface area contributed by atoms with Crippen LogP contribution in [0.1, 0.15) is 26.7 Å². The number of carbonyl (C=O) groups is 2. The maximum atomic E-state index is 13.1. The summed E-state index contributed by atoms with van der Waals surface area (Å²) in [6.07, 6.45) is 0.723. The number of likely N-dealkylation sites (tertiary alicyclic amines) is 1. The predicted octanol–water partition coefficient (Wildman–Crippen LogP) is 3.89. The number of carbonyl (C=O) groups excluding carboxylic acids is 2. The van der Waals surface area contributed by atoms with Gasteiger partial charge in [-0.05, 0) is 53.8 Å². The number of rotatable bonds is 10. The zero-order chi connectivity index (χ0) is 26.5. The SMILES string of the molecule is CCOc1cc(NC(=O)C2CCC(=O)N(CC)C2)ccc1S(=O)(=O)Nc1cccc(OC(F)(F)P)c1. The van der Waals surface area contributed by atoms with E-state index in [-0.39, 0.29) is 46.4 Å². The van der Waals surface area contributed by atoms with Crippen molar-refractivity contribution in [2.45, 2.75) is 37.4 Å². The monoisotopic (exact) mass is 543 g/mol. The van der Waals surface area contributed by atoms with Gasteiger partial charge in [-0.15, -0.1) is 0 Å². The Morgan fingerprint density at radius 3 is 2.61 bits per heavy atom. The maximum Gasteiger partial charge on any atom is 0.408 e. The molecule has 9 nitrogen and oxygen atoms in total. The Morgan fingerprint density at radius 1 is 1.19 bits per heavy atom. The Hall–Kier alpha value is -2.98. The Balaban J connectivity index is 1.79. The average molecular weight is 544 g/mol. The molecule has 0 aromatic heterocycles. The first-order valence-corrected chi connectivity index (χ1v) is 13.3. The number of halogens is 2. The lowest BCUT2D eigenvalue weighted by molar-refractivity contribution is -0.136. The number of anilines is 2. The molecular formula is C23H28F2N3O6PS. The number of piperidine rings is 1. The number of hydrogen-bond donors (Lipinski definition) is 2. The lowest BCUT2D eigenvalue weighted by Gasteiger charge is -2.31. The second-order valence-electron chi connectivity index (χ2n) is 8.05. The highest BCUT2D eigenvalue weighted by Gasteiger charge is 2.30. The molecule has 0 spiro atoms. The molecule has 2 N–H and O–H groups in total. The zero-order valence-electron chi connectivity index (χ0n) is 19.8. The van der Waals surface area contributed by atoms with Crippen molar-refractivity contribution in [1.29, 1.82) is 0 Å². The first-order valence-electron chi connectivity index (χ1n) is 11.3. The third kappa shape index (κ3) is 7.27. The van der Waals surface area contributed by atoms with E-state index >= 15 is 0 Å². The molecule has 0 aliphatic carbocycles. The Kier molecular flexibility index (Phi) is 8.73. The molecule has 1 aliphatic rings. The molecule has 2 aromatic rings. The second-order valence-corrected chi connectivity index (χ2v) is 10.4. The fourth-order valence-corrected chi connectivity index (χ4v) is 5.06. The normalized spacial score (nSPS) is 16.4. The highest BCUT2D eigenvalue weighted by Crippen LogP contribution is 2.32. The van der Waals surface area contributed by atoms with E-state index in [0.29, 0.717) is 31.6 Å². The van der Waals surface area contributed by atoms with Crippen LogP contribution in [0.2, 0.25) is 0 Å². The number of benzene rings is 2. The van der Waals surface area contributed by atoms with Gasteiger partial charge in [0, 0.05) is 37.3 Å². The minimum atomic E-state index is -4.19. The van der Waals surface area contributed by atoms with Crippen LogP contribution in [0, 0.1) is 5.92 Å². The lowest BCUT2D eigenvalue weighted by Crippen LogP contribution is -2.43. The average Bonchev–Trinajstić information content (AvgIpc) is 2.78. The number of alkyl halides is 2. The van der Waals surface area contributed by atoms with Gasteiger partial charge in [0.05, 0.1) is 18.2 Å². The Morgan fingerprint density at radius 2 is 1.94 bits per heavy atom. The maximum absolute atomic E-state index is 13.1. The topological polar surface area (TPSA) is 114 Å². The molecule has 1 fully saturated rings. The molecule has 13 heteroatoms.